The molecule has 0 aliphatic carbocycles. The number of likely N-dealkylation sites (tertiary alicyclic amines) is 1. The number of hydrazine groups is 1. The van der Waals surface area contributed by atoms with Crippen molar-refractivity contribution in [2.24, 2.45) is 5.84 Å². The van der Waals surface area contributed by atoms with Crippen molar-refractivity contribution in [3.63, 3.8) is 0 Å². The van der Waals surface area contributed by atoms with Crippen LogP contribution in [0.2, 0.25) is 0 Å². The van der Waals surface area contributed by atoms with E-state index in [1.807, 2.05) is 6.07 Å². The van der Waals surface area contributed by atoms with Crippen molar-refractivity contribution >= 4 is 0 Å². The zero-order valence-electron chi connectivity index (χ0n) is 11.5. The van der Waals surface area contributed by atoms with Gasteiger partial charge in [-0.1, -0.05) is 36.8 Å². The molecule has 3 heteroatoms. The maximum absolute atomic E-state index is 5.82. The van der Waals surface area contributed by atoms with Gasteiger partial charge in [0.25, 0.3) is 0 Å². The fourth-order valence-electron chi connectivity index (χ4n) is 3.01. The molecule has 0 amide bonds. The second kappa shape index (κ2) is 5.83. The molecule has 0 spiro atoms. The average Bonchev–Trinajstić information content (AvgIpc) is 2.41. The minimum Gasteiger partial charge on any atom is -0.296 e. The smallest absolute Gasteiger partial charge is 0.0638 e. The van der Waals surface area contributed by atoms with Gasteiger partial charge in [0.1, 0.15) is 0 Å². The molecule has 1 unspecified atom stereocenters. The molecule has 1 fully saturated rings. The van der Waals surface area contributed by atoms with Crippen molar-refractivity contribution in [3.8, 4) is 0 Å². The van der Waals surface area contributed by atoms with Crippen LogP contribution in [0.15, 0.2) is 30.3 Å². The molecule has 3 N–H and O–H groups in total. The van der Waals surface area contributed by atoms with Crippen molar-refractivity contribution in [1.82, 2.24) is 10.3 Å². The molecule has 18 heavy (non-hydrogen) atoms. The van der Waals surface area contributed by atoms with E-state index in [1.54, 1.807) is 0 Å². The lowest BCUT2D eigenvalue weighted by Crippen LogP contribution is -2.55. The highest BCUT2D eigenvalue weighted by Crippen LogP contribution is 2.32. The highest BCUT2D eigenvalue weighted by atomic mass is 15.3. The van der Waals surface area contributed by atoms with Crippen LogP contribution in [0.5, 0.6) is 0 Å². The van der Waals surface area contributed by atoms with Gasteiger partial charge in [-0.25, -0.2) is 0 Å². The average molecular weight is 247 g/mol. The molecule has 0 aromatic heterocycles. The predicted octanol–water partition coefficient (Wildman–Crippen LogP) is 2.46. The minimum absolute atomic E-state index is 0.0382. The molecule has 0 radical (unpaired) electrons. The largest absolute Gasteiger partial charge is 0.296 e. The van der Waals surface area contributed by atoms with Crippen LogP contribution < -0.4 is 11.3 Å². The van der Waals surface area contributed by atoms with E-state index in [2.05, 4.69) is 48.4 Å². The van der Waals surface area contributed by atoms with E-state index in [0.29, 0.717) is 0 Å². The van der Waals surface area contributed by atoms with Crippen LogP contribution in [0.3, 0.4) is 0 Å². The fraction of sp³-hybridized carbons (Fsp3) is 0.600. The number of piperidine rings is 1. The predicted molar refractivity (Wildman–Crippen MR) is 76.0 cm³/mol. The number of nitrogens with zero attached hydrogens (tertiary/aromatic N) is 1. The first-order valence-electron chi connectivity index (χ1n) is 6.92. The number of hydrogen-bond donors (Lipinski definition) is 2. The summed E-state index contributed by atoms with van der Waals surface area (Å²) in [5.41, 5.74) is 4.31. The first kappa shape index (κ1) is 13.5. The molecular formula is C15H25N3. The van der Waals surface area contributed by atoms with E-state index in [9.17, 15) is 0 Å². The summed E-state index contributed by atoms with van der Waals surface area (Å²) >= 11 is 0. The van der Waals surface area contributed by atoms with Crippen LogP contribution in [0, 0.1) is 0 Å². The summed E-state index contributed by atoms with van der Waals surface area (Å²) in [6, 6.07) is 10.7. The summed E-state index contributed by atoms with van der Waals surface area (Å²) in [5.74, 6) is 5.82. The monoisotopic (exact) mass is 247 g/mol. The first-order valence-corrected chi connectivity index (χ1v) is 6.92. The van der Waals surface area contributed by atoms with Gasteiger partial charge < -0.3 is 0 Å². The summed E-state index contributed by atoms with van der Waals surface area (Å²) in [6.45, 7) is 6.93. The molecule has 1 aromatic carbocycles. The van der Waals surface area contributed by atoms with Crippen LogP contribution in [0.1, 0.15) is 44.7 Å². The number of rotatable bonds is 4. The normalized spacial score (nSPS) is 19.7. The Balaban J connectivity index is 2.19. The Morgan fingerprint density at radius 2 is 1.72 bits per heavy atom. The van der Waals surface area contributed by atoms with Crippen molar-refractivity contribution < 1.29 is 0 Å². The van der Waals surface area contributed by atoms with E-state index < -0.39 is 0 Å². The molecule has 0 bridgehead atoms. The molecule has 3 nitrogen and oxygen atoms in total. The van der Waals surface area contributed by atoms with Crippen LogP contribution >= 0.6 is 0 Å². The molecule has 1 aliphatic heterocycles. The third-order valence-electron chi connectivity index (χ3n) is 4.18. The third kappa shape index (κ3) is 2.74. The van der Waals surface area contributed by atoms with Gasteiger partial charge in [0, 0.05) is 5.54 Å². The van der Waals surface area contributed by atoms with E-state index in [4.69, 9.17) is 5.84 Å². The Morgan fingerprint density at radius 3 is 2.28 bits per heavy atom. The molecule has 1 aromatic rings. The van der Waals surface area contributed by atoms with Crippen LogP contribution in [0.25, 0.3) is 0 Å². The summed E-state index contributed by atoms with van der Waals surface area (Å²) < 4.78 is 0. The summed E-state index contributed by atoms with van der Waals surface area (Å²) in [4.78, 5) is 2.56. The maximum atomic E-state index is 5.82. The molecule has 2 rings (SSSR count). The quantitative estimate of drug-likeness (QED) is 0.634. The van der Waals surface area contributed by atoms with Crippen molar-refractivity contribution in [1.29, 1.82) is 0 Å². The van der Waals surface area contributed by atoms with Gasteiger partial charge in [0.15, 0.2) is 0 Å². The first-order chi connectivity index (χ1) is 8.66. The van der Waals surface area contributed by atoms with Gasteiger partial charge in [-0.15, -0.1) is 0 Å². The summed E-state index contributed by atoms with van der Waals surface area (Å²) in [5, 5.41) is 0. The Morgan fingerprint density at radius 1 is 1.11 bits per heavy atom. The van der Waals surface area contributed by atoms with Gasteiger partial charge >= 0.3 is 0 Å². The lowest BCUT2D eigenvalue weighted by Gasteiger charge is -2.45. The zero-order valence-corrected chi connectivity index (χ0v) is 11.5. The van der Waals surface area contributed by atoms with Crippen molar-refractivity contribution in [2.45, 2.75) is 44.7 Å². The second-order valence-corrected chi connectivity index (χ2v) is 5.71. The molecule has 1 aliphatic rings. The van der Waals surface area contributed by atoms with Gasteiger partial charge in [-0.05, 0) is 45.3 Å². The van der Waals surface area contributed by atoms with Crippen LogP contribution in [-0.2, 0) is 0 Å². The van der Waals surface area contributed by atoms with Gasteiger partial charge in [0.2, 0.25) is 0 Å². The Labute approximate surface area is 110 Å². The van der Waals surface area contributed by atoms with Gasteiger partial charge in [0.05, 0.1) is 6.04 Å². The highest BCUT2D eigenvalue weighted by molar-refractivity contribution is 5.22. The number of nitrogens with one attached hydrogen (secondary N) is 1. The van der Waals surface area contributed by atoms with Gasteiger partial charge in [-0.2, -0.15) is 0 Å². The highest BCUT2D eigenvalue weighted by Gasteiger charge is 2.36. The molecule has 100 valence electrons. The molecule has 1 heterocycles. The lowest BCUT2D eigenvalue weighted by atomic mass is 9.86. The van der Waals surface area contributed by atoms with E-state index in [1.165, 1.54) is 37.9 Å². The van der Waals surface area contributed by atoms with Crippen molar-refractivity contribution in [2.75, 3.05) is 13.1 Å². The standard InChI is InChI=1S/C15H25N3/c1-15(2,18-11-7-4-8-12-18)14(17-16)13-9-5-3-6-10-13/h3,5-6,9-10,14,17H,4,7-8,11-12,16H2,1-2H3. The maximum Gasteiger partial charge on any atom is 0.0638 e. The van der Waals surface area contributed by atoms with E-state index >= 15 is 0 Å². The van der Waals surface area contributed by atoms with Gasteiger partial charge in [-0.3, -0.25) is 16.2 Å². The molecule has 0 saturated carbocycles. The zero-order chi connectivity index (χ0) is 13.0. The number of nitrogens with two attached hydrogens (primary N) is 1. The fourth-order valence-corrected chi connectivity index (χ4v) is 3.01. The van der Waals surface area contributed by atoms with Crippen LogP contribution in [0.4, 0.5) is 0 Å². The van der Waals surface area contributed by atoms with Crippen LogP contribution in [-0.4, -0.2) is 23.5 Å². The van der Waals surface area contributed by atoms with Crippen molar-refractivity contribution in [3.05, 3.63) is 35.9 Å². The second-order valence-electron chi connectivity index (χ2n) is 5.71. The Kier molecular flexibility index (Phi) is 4.38. The lowest BCUT2D eigenvalue weighted by molar-refractivity contribution is 0.0608. The summed E-state index contributed by atoms with van der Waals surface area (Å²) in [6.07, 6.45) is 3.96. The summed E-state index contributed by atoms with van der Waals surface area (Å²) in [7, 11) is 0. The van der Waals surface area contributed by atoms with E-state index in [-0.39, 0.29) is 11.6 Å². The Hall–Kier alpha value is -0.900. The topological polar surface area (TPSA) is 41.3 Å². The van der Waals surface area contributed by atoms with E-state index in [0.717, 1.165) is 0 Å². The number of benzene rings is 1. The third-order valence-corrected chi connectivity index (χ3v) is 4.18. The SMILES string of the molecule is CC(C)(C(NN)c1ccccc1)N1CCCCC1. The Bertz CT molecular complexity index is 355. The molecule has 1 saturated heterocycles. The molecule has 1 atom stereocenters. The molecular weight excluding hydrogens is 222 g/mol. The minimum atomic E-state index is 0.0382. The number of hydrogen-bond acceptors (Lipinski definition) is 3.